The summed E-state index contributed by atoms with van der Waals surface area (Å²) in [6.07, 6.45) is 2.16. The Morgan fingerprint density at radius 1 is 1.39 bits per heavy atom. The second-order valence-corrected chi connectivity index (χ2v) is 7.74. The van der Waals surface area contributed by atoms with Crippen LogP contribution in [0.4, 0.5) is 8.78 Å². The third-order valence-corrected chi connectivity index (χ3v) is 5.42. The molecule has 1 amide bonds. The van der Waals surface area contributed by atoms with Crippen molar-refractivity contribution >= 4 is 39.2 Å². The fourth-order valence-corrected chi connectivity index (χ4v) is 3.38. The number of thiazole rings is 1. The minimum atomic E-state index is -0.841. The molecule has 0 bridgehead atoms. The molecule has 0 aliphatic carbocycles. The molecule has 1 atom stereocenters. The maximum Gasteiger partial charge on any atom is 0.223 e. The molecule has 0 spiro atoms. The molecule has 0 fully saturated rings. The highest BCUT2D eigenvalue weighted by molar-refractivity contribution is 7.18. The lowest BCUT2D eigenvalue weighted by atomic mass is 10.1. The van der Waals surface area contributed by atoms with Crippen molar-refractivity contribution in [1.82, 2.24) is 15.3 Å². The zero-order valence-electron chi connectivity index (χ0n) is 15.3. The molecule has 5 nitrogen and oxygen atoms in total. The summed E-state index contributed by atoms with van der Waals surface area (Å²) >= 11 is 7.19. The van der Waals surface area contributed by atoms with E-state index < -0.39 is 11.6 Å². The minimum Gasteiger partial charge on any atom is -0.483 e. The van der Waals surface area contributed by atoms with Gasteiger partial charge in [0.1, 0.15) is 27.8 Å². The Bertz CT molecular complexity index is 1010. The molecule has 3 rings (SSSR count). The maximum atomic E-state index is 14.7. The molecule has 9 heteroatoms. The predicted molar refractivity (Wildman–Crippen MR) is 104 cm³/mol. The normalized spacial score (nSPS) is 12.2. The smallest absolute Gasteiger partial charge is 0.223 e. The zero-order chi connectivity index (χ0) is 20.3. The number of hydrogen-bond donors (Lipinski definition) is 1. The van der Waals surface area contributed by atoms with Gasteiger partial charge in [-0.2, -0.15) is 0 Å². The van der Waals surface area contributed by atoms with Crippen molar-refractivity contribution in [1.29, 1.82) is 0 Å². The van der Waals surface area contributed by atoms with Crippen LogP contribution in [0, 0.1) is 17.6 Å². The van der Waals surface area contributed by atoms with Gasteiger partial charge >= 0.3 is 0 Å². The average Bonchev–Trinajstić information content (AvgIpc) is 3.08. The predicted octanol–water partition coefficient (Wildman–Crippen LogP) is 4.86. The third-order valence-electron chi connectivity index (χ3n) is 4.26. The van der Waals surface area contributed by atoms with Gasteiger partial charge in [-0.25, -0.2) is 18.7 Å². The molecule has 2 heterocycles. The van der Waals surface area contributed by atoms with Crippen LogP contribution in [0.3, 0.4) is 0 Å². The molecule has 0 aliphatic rings. The summed E-state index contributed by atoms with van der Waals surface area (Å²) in [7, 11) is 0. The molecule has 1 aromatic carbocycles. The van der Waals surface area contributed by atoms with E-state index in [2.05, 4.69) is 15.3 Å². The van der Waals surface area contributed by atoms with E-state index in [1.165, 1.54) is 23.6 Å². The van der Waals surface area contributed by atoms with Gasteiger partial charge in [0, 0.05) is 24.2 Å². The Balaban J connectivity index is 1.72. The van der Waals surface area contributed by atoms with Crippen molar-refractivity contribution in [2.24, 2.45) is 5.92 Å². The number of carbonyl (C=O) groups is 1. The van der Waals surface area contributed by atoms with Crippen LogP contribution in [0.1, 0.15) is 30.8 Å². The van der Waals surface area contributed by atoms with Gasteiger partial charge < -0.3 is 10.1 Å². The Morgan fingerprint density at radius 2 is 2.18 bits per heavy atom. The minimum absolute atomic E-state index is 0.000133. The van der Waals surface area contributed by atoms with Crippen LogP contribution in [-0.4, -0.2) is 15.9 Å². The first kappa shape index (κ1) is 20.4. The molecule has 2 aromatic heterocycles. The molecule has 28 heavy (non-hydrogen) atoms. The maximum absolute atomic E-state index is 14.7. The lowest BCUT2D eigenvalue weighted by Gasteiger charge is -2.13. The molecule has 1 N–H and O–H groups in total. The number of fused-ring (bicyclic) bond motifs is 1. The number of carbonyl (C=O) groups excluding carboxylic acids is 1. The van der Waals surface area contributed by atoms with Crippen LogP contribution in [0.5, 0.6) is 5.75 Å². The van der Waals surface area contributed by atoms with E-state index in [0.29, 0.717) is 26.8 Å². The highest BCUT2D eigenvalue weighted by Gasteiger charge is 2.18. The lowest BCUT2D eigenvalue weighted by molar-refractivity contribution is -0.124. The second-order valence-electron chi connectivity index (χ2n) is 6.24. The molecule has 0 radical (unpaired) electrons. The second kappa shape index (κ2) is 8.79. The van der Waals surface area contributed by atoms with E-state index in [4.69, 9.17) is 16.3 Å². The Morgan fingerprint density at radius 3 is 2.93 bits per heavy atom. The van der Waals surface area contributed by atoms with Gasteiger partial charge in [-0.3, -0.25) is 4.79 Å². The van der Waals surface area contributed by atoms with Crippen LogP contribution in [0.2, 0.25) is 5.02 Å². The zero-order valence-corrected chi connectivity index (χ0v) is 16.8. The fraction of sp³-hybridized carbons (Fsp3) is 0.316. The van der Waals surface area contributed by atoms with Gasteiger partial charge in [-0.05, 0) is 24.6 Å². The van der Waals surface area contributed by atoms with Crippen LogP contribution in [0.15, 0.2) is 24.4 Å². The van der Waals surface area contributed by atoms with E-state index in [1.807, 2.05) is 6.92 Å². The van der Waals surface area contributed by atoms with E-state index >= 15 is 0 Å². The molecule has 3 aromatic rings. The number of aromatic nitrogens is 2. The molecule has 0 aliphatic heterocycles. The molecule has 0 saturated carbocycles. The quantitative estimate of drug-likeness (QED) is 0.587. The van der Waals surface area contributed by atoms with E-state index in [0.717, 1.165) is 6.07 Å². The Labute approximate surface area is 169 Å². The van der Waals surface area contributed by atoms with Gasteiger partial charge in [-0.1, -0.05) is 36.8 Å². The first-order chi connectivity index (χ1) is 13.4. The van der Waals surface area contributed by atoms with Gasteiger partial charge in [0.2, 0.25) is 5.91 Å². The highest BCUT2D eigenvalue weighted by Crippen LogP contribution is 2.27. The van der Waals surface area contributed by atoms with E-state index in [-0.39, 0.29) is 36.3 Å². The van der Waals surface area contributed by atoms with Crippen LogP contribution < -0.4 is 10.1 Å². The van der Waals surface area contributed by atoms with Crippen molar-refractivity contribution in [3.05, 3.63) is 51.6 Å². The average molecular weight is 426 g/mol. The molecular formula is C19H18ClF2N3O2S. The summed E-state index contributed by atoms with van der Waals surface area (Å²) in [6, 6.07) is 4.01. The van der Waals surface area contributed by atoms with Crippen LogP contribution >= 0.6 is 22.9 Å². The molecular weight excluding hydrogens is 408 g/mol. The summed E-state index contributed by atoms with van der Waals surface area (Å²) in [5, 5.41) is 3.60. The number of nitrogens with one attached hydrogen (secondary N) is 1. The van der Waals surface area contributed by atoms with Crippen LogP contribution in [-0.2, 0) is 17.9 Å². The standard InChI is InChI=1S/C19H18ClF2N3O2S/c1-3-10(2)18(26)23-8-12-13(21)4-5-15(17(12)22)27-9-16-25-14-6-11(20)7-24-19(14)28-16/h4-7,10H,3,8-9H2,1-2H3,(H,23,26). The van der Waals surface area contributed by atoms with Crippen molar-refractivity contribution in [2.45, 2.75) is 33.4 Å². The highest BCUT2D eigenvalue weighted by atomic mass is 35.5. The summed E-state index contributed by atoms with van der Waals surface area (Å²) in [5.41, 5.74) is 0.385. The van der Waals surface area contributed by atoms with Gasteiger partial charge in [0.15, 0.2) is 11.6 Å². The lowest BCUT2D eigenvalue weighted by Crippen LogP contribution is -2.29. The van der Waals surface area contributed by atoms with Crippen molar-refractivity contribution in [2.75, 3.05) is 0 Å². The van der Waals surface area contributed by atoms with Crippen molar-refractivity contribution in [3.8, 4) is 5.75 Å². The number of hydrogen-bond acceptors (Lipinski definition) is 5. The first-order valence-electron chi connectivity index (χ1n) is 8.67. The number of ether oxygens (including phenoxy) is 1. The molecule has 148 valence electrons. The summed E-state index contributed by atoms with van der Waals surface area (Å²) in [6.45, 7) is 3.37. The topological polar surface area (TPSA) is 64.1 Å². The number of nitrogens with zero attached hydrogens (tertiary/aromatic N) is 2. The molecule has 1 unspecified atom stereocenters. The van der Waals surface area contributed by atoms with Gasteiger partial charge in [0.05, 0.1) is 5.02 Å². The number of halogens is 3. The largest absolute Gasteiger partial charge is 0.483 e. The van der Waals surface area contributed by atoms with Gasteiger partial charge in [-0.15, -0.1) is 0 Å². The molecule has 0 saturated heterocycles. The van der Waals surface area contributed by atoms with E-state index in [1.54, 1.807) is 13.0 Å². The summed E-state index contributed by atoms with van der Waals surface area (Å²) in [5.74, 6) is -2.18. The number of rotatable bonds is 7. The monoisotopic (exact) mass is 425 g/mol. The summed E-state index contributed by atoms with van der Waals surface area (Å²) < 4.78 is 34.2. The first-order valence-corrected chi connectivity index (χ1v) is 9.86. The van der Waals surface area contributed by atoms with E-state index in [9.17, 15) is 13.6 Å². The van der Waals surface area contributed by atoms with Crippen molar-refractivity contribution < 1.29 is 18.3 Å². The third kappa shape index (κ3) is 4.56. The number of pyridine rings is 1. The van der Waals surface area contributed by atoms with Crippen molar-refractivity contribution in [3.63, 3.8) is 0 Å². The Kier molecular flexibility index (Phi) is 6.41. The van der Waals surface area contributed by atoms with Gasteiger partial charge in [0.25, 0.3) is 0 Å². The fourth-order valence-electron chi connectivity index (χ4n) is 2.43. The summed E-state index contributed by atoms with van der Waals surface area (Å²) in [4.78, 5) is 21.1. The van der Waals surface area contributed by atoms with Crippen LogP contribution in [0.25, 0.3) is 10.3 Å². The number of benzene rings is 1. The SMILES string of the molecule is CCC(C)C(=O)NCc1c(F)ccc(OCc2nc3cc(Cl)cnc3s2)c1F. The Hall–Kier alpha value is -2.32. The number of amides is 1.